The van der Waals surface area contributed by atoms with Crippen LogP contribution in [0.2, 0.25) is 10.0 Å². The van der Waals surface area contributed by atoms with Gasteiger partial charge in [0, 0.05) is 35.6 Å². The number of aromatic nitrogens is 3. The molecule has 3 rings (SSSR count). The van der Waals surface area contributed by atoms with Crippen LogP contribution in [-0.2, 0) is 13.5 Å². The predicted octanol–water partition coefficient (Wildman–Crippen LogP) is 4.83. The first-order valence-corrected chi connectivity index (χ1v) is 11.4. The zero-order valence-corrected chi connectivity index (χ0v) is 19.8. The van der Waals surface area contributed by atoms with Gasteiger partial charge in [0.05, 0.1) is 15.8 Å². The van der Waals surface area contributed by atoms with Crippen LogP contribution in [0.25, 0.3) is 0 Å². The van der Waals surface area contributed by atoms with E-state index < -0.39 is 0 Å². The zero-order chi connectivity index (χ0) is 21.7. The van der Waals surface area contributed by atoms with Gasteiger partial charge in [-0.1, -0.05) is 63.0 Å². The van der Waals surface area contributed by atoms with Crippen LogP contribution >= 0.6 is 50.9 Å². The first kappa shape index (κ1) is 22.8. The van der Waals surface area contributed by atoms with Gasteiger partial charge in [0.15, 0.2) is 10.9 Å². The minimum Gasteiger partial charge on any atom is -0.352 e. The van der Waals surface area contributed by atoms with Gasteiger partial charge in [-0.05, 0) is 30.3 Å². The van der Waals surface area contributed by atoms with Crippen LogP contribution in [0, 0.1) is 0 Å². The molecule has 1 N–H and O–H groups in total. The van der Waals surface area contributed by atoms with Crippen LogP contribution in [-0.4, -0.2) is 38.8 Å². The zero-order valence-electron chi connectivity index (χ0n) is 15.9. The van der Waals surface area contributed by atoms with Crippen LogP contribution in [0.5, 0.6) is 0 Å². The van der Waals surface area contributed by atoms with Crippen molar-refractivity contribution in [1.82, 2.24) is 20.1 Å². The highest BCUT2D eigenvalue weighted by atomic mass is 79.9. The normalized spacial score (nSPS) is 10.8. The van der Waals surface area contributed by atoms with E-state index in [4.69, 9.17) is 23.2 Å². The van der Waals surface area contributed by atoms with Gasteiger partial charge < -0.3 is 9.88 Å². The molecule has 2 aromatic carbocycles. The Morgan fingerprint density at radius 3 is 2.47 bits per heavy atom. The monoisotopic (exact) mass is 526 g/mol. The van der Waals surface area contributed by atoms with E-state index in [2.05, 4.69) is 31.4 Å². The summed E-state index contributed by atoms with van der Waals surface area (Å²) in [5, 5.41) is 12.5. The summed E-state index contributed by atoms with van der Waals surface area (Å²) in [4.78, 5) is 24.5. The van der Waals surface area contributed by atoms with Gasteiger partial charge in [-0.25, -0.2) is 0 Å². The van der Waals surface area contributed by atoms with Gasteiger partial charge >= 0.3 is 0 Å². The molecule has 0 radical (unpaired) electrons. The SMILES string of the molecule is Cn1c(CCNC(=O)c2ccc(Cl)c(Cl)c2)nnc1SCC(=O)c1ccc(Br)cc1. The molecule has 0 unspecified atom stereocenters. The van der Waals surface area contributed by atoms with Crippen molar-refractivity contribution in [2.24, 2.45) is 7.05 Å². The minimum absolute atomic E-state index is 0.0194. The third-order valence-corrected chi connectivity index (χ3v) is 6.53. The van der Waals surface area contributed by atoms with Crippen molar-refractivity contribution in [1.29, 1.82) is 0 Å². The average Bonchev–Trinajstić information content (AvgIpc) is 3.08. The van der Waals surface area contributed by atoms with E-state index in [0.717, 1.165) is 4.47 Å². The molecule has 10 heteroatoms. The van der Waals surface area contributed by atoms with E-state index in [-0.39, 0.29) is 17.4 Å². The molecule has 30 heavy (non-hydrogen) atoms. The number of nitrogens with one attached hydrogen (secondary N) is 1. The molecular weight excluding hydrogens is 511 g/mol. The van der Waals surface area contributed by atoms with Crippen molar-refractivity contribution < 1.29 is 9.59 Å². The highest BCUT2D eigenvalue weighted by molar-refractivity contribution is 9.10. The second kappa shape index (κ2) is 10.4. The van der Waals surface area contributed by atoms with Gasteiger partial charge in [-0.2, -0.15) is 0 Å². The molecule has 1 amide bonds. The smallest absolute Gasteiger partial charge is 0.251 e. The second-order valence-electron chi connectivity index (χ2n) is 6.31. The van der Waals surface area contributed by atoms with Crippen molar-refractivity contribution in [2.45, 2.75) is 11.6 Å². The lowest BCUT2D eigenvalue weighted by molar-refractivity contribution is 0.0953. The Morgan fingerprint density at radius 1 is 1.07 bits per heavy atom. The summed E-state index contributed by atoms with van der Waals surface area (Å²) in [6, 6.07) is 12.0. The maximum atomic E-state index is 12.3. The molecule has 0 aliphatic carbocycles. The van der Waals surface area contributed by atoms with Crippen LogP contribution < -0.4 is 5.32 Å². The second-order valence-corrected chi connectivity index (χ2v) is 8.98. The highest BCUT2D eigenvalue weighted by Gasteiger charge is 2.13. The van der Waals surface area contributed by atoms with E-state index >= 15 is 0 Å². The molecule has 0 fully saturated rings. The molecule has 0 aliphatic heterocycles. The van der Waals surface area contributed by atoms with E-state index in [1.165, 1.54) is 17.8 Å². The highest BCUT2D eigenvalue weighted by Crippen LogP contribution is 2.22. The molecule has 0 saturated carbocycles. The fourth-order valence-electron chi connectivity index (χ4n) is 2.56. The summed E-state index contributed by atoms with van der Waals surface area (Å²) in [5.41, 5.74) is 1.09. The molecule has 156 valence electrons. The molecule has 0 atom stereocenters. The fourth-order valence-corrected chi connectivity index (χ4v) is 3.95. The summed E-state index contributed by atoms with van der Waals surface area (Å²) in [5.74, 6) is 0.751. The number of rotatable bonds is 8. The molecular formula is C20H17BrCl2N4O2S. The van der Waals surface area contributed by atoms with Gasteiger partial charge in [-0.15, -0.1) is 10.2 Å². The van der Waals surface area contributed by atoms with Crippen molar-refractivity contribution in [3.05, 3.63) is 73.9 Å². The van der Waals surface area contributed by atoms with Gasteiger partial charge in [0.1, 0.15) is 5.82 Å². The predicted molar refractivity (Wildman–Crippen MR) is 123 cm³/mol. The number of carbonyl (C=O) groups is 2. The number of Topliss-reactive ketones (excluding diaryl/α,β-unsaturated/α-hetero) is 1. The molecule has 0 bridgehead atoms. The number of amides is 1. The lowest BCUT2D eigenvalue weighted by atomic mass is 10.2. The van der Waals surface area contributed by atoms with Gasteiger partial charge in [0.2, 0.25) is 0 Å². The summed E-state index contributed by atoms with van der Waals surface area (Å²) < 4.78 is 2.75. The summed E-state index contributed by atoms with van der Waals surface area (Å²) in [6.45, 7) is 0.382. The minimum atomic E-state index is -0.245. The number of hydrogen-bond acceptors (Lipinski definition) is 5. The number of halogens is 3. The topological polar surface area (TPSA) is 76.9 Å². The number of thioether (sulfide) groups is 1. The Hall–Kier alpha value is -1.87. The lowest BCUT2D eigenvalue weighted by Crippen LogP contribution is -2.26. The quantitative estimate of drug-likeness (QED) is 0.335. The maximum absolute atomic E-state index is 12.3. The van der Waals surface area contributed by atoms with E-state index in [1.54, 1.807) is 24.3 Å². The number of carbonyl (C=O) groups excluding carboxylic acids is 2. The van der Waals surface area contributed by atoms with Crippen molar-refractivity contribution in [2.75, 3.05) is 12.3 Å². The first-order valence-electron chi connectivity index (χ1n) is 8.88. The Bertz CT molecular complexity index is 1070. The van der Waals surface area contributed by atoms with E-state index in [9.17, 15) is 9.59 Å². The third kappa shape index (κ3) is 5.85. The standard InChI is InChI=1S/C20H17BrCl2N4O2S/c1-27-18(8-9-24-19(29)13-4-7-15(22)16(23)10-13)25-26-20(27)30-11-17(28)12-2-5-14(21)6-3-12/h2-7,10H,8-9,11H2,1H3,(H,24,29). The largest absolute Gasteiger partial charge is 0.352 e. The molecule has 0 aliphatic rings. The first-order chi connectivity index (χ1) is 14.3. The van der Waals surface area contributed by atoms with Crippen LogP contribution in [0.1, 0.15) is 26.5 Å². The summed E-state index contributed by atoms with van der Waals surface area (Å²) in [7, 11) is 1.84. The lowest BCUT2D eigenvalue weighted by Gasteiger charge is -2.07. The molecule has 1 heterocycles. The van der Waals surface area contributed by atoms with Crippen molar-refractivity contribution in [3.8, 4) is 0 Å². The number of hydrogen-bond donors (Lipinski definition) is 1. The van der Waals surface area contributed by atoms with Crippen LogP contribution in [0.15, 0.2) is 52.1 Å². The Balaban J connectivity index is 1.51. The molecule has 6 nitrogen and oxygen atoms in total. The van der Waals surface area contributed by atoms with Gasteiger partial charge in [0.25, 0.3) is 5.91 Å². The Labute approximate surface area is 196 Å². The summed E-state index contributed by atoms with van der Waals surface area (Å²) in [6.07, 6.45) is 0.498. The summed E-state index contributed by atoms with van der Waals surface area (Å²) >= 11 is 16.5. The average molecular weight is 528 g/mol. The Morgan fingerprint density at radius 2 is 1.77 bits per heavy atom. The van der Waals surface area contributed by atoms with Crippen molar-refractivity contribution >= 4 is 62.6 Å². The van der Waals surface area contributed by atoms with E-state index in [1.807, 2.05) is 23.7 Å². The third-order valence-electron chi connectivity index (χ3n) is 4.24. The van der Waals surface area contributed by atoms with Crippen molar-refractivity contribution in [3.63, 3.8) is 0 Å². The van der Waals surface area contributed by atoms with E-state index in [0.29, 0.717) is 45.1 Å². The molecule has 0 saturated heterocycles. The van der Waals surface area contributed by atoms with Crippen LogP contribution in [0.4, 0.5) is 0 Å². The molecule has 0 spiro atoms. The molecule has 1 aromatic heterocycles. The number of benzene rings is 2. The number of ketones is 1. The molecule has 3 aromatic rings. The Kier molecular flexibility index (Phi) is 7.93. The number of nitrogens with zero attached hydrogens (tertiary/aromatic N) is 3. The van der Waals surface area contributed by atoms with Crippen LogP contribution in [0.3, 0.4) is 0 Å². The fraction of sp³-hybridized carbons (Fsp3) is 0.200. The van der Waals surface area contributed by atoms with Gasteiger partial charge in [-0.3, -0.25) is 9.59 Å². The maximum Gasteiger partial charge on any atom is 0.251 e.